The zero-order valence-electron chi connectivity index (χ0n) is 13.7. The molecule has 5 heteroatoms. The molecule has 4 nitrogen and oxygen atoms in total. The molecule has 1 aromatic heterocycles. The van der Waals surface area contributed by atoms with E-state index in [1.807, 2.05) is 11.7 Å². The van der Waals surface area contributed by atoms with Crippen LogP contribution in [0.2, 0.25) is 0 Å². The normalized spacial score (nSPS) is 23.7. The van der Waals surface area contributed by atoms with Crippen LogP contribution in [0.1, 0.15) is 51.4 Å². The van der Waals surface area contributed by atoms with E-state index in [2.05, 4.69) is 47.1 Å². The van der Waals surface area contributed by atoms with Gasteiger partial charge in [0, 0.05) is 26.1 Å². The lowest BCUT2D eigenvalue weighted by Gasteiger charge is -2.34. The molecule has 0 radical (unpaired) electrons. The lowest BCUT2D eigenvalue weighted by molar-refractivity contribution is -0.0119. The van der Waals surface area contributed by atoms with Crippen LogP contribution in [-0.4, -0.2) is 34.6 Å². The predicted molar refractivity (Wildman–Crippen MR) is 89.7 cm³/mol. The molecule has 2 rings (SSSR count). The number of hydrogen-bond donors (Lipinski definition) is 1. The fourth-order valence-corrected chi connectivity index (χ4v) is 3.91. The van der Waals surface area contributed by atoms with Gasteiger partial charge in [-0.25, -0.2) is 0 Å². The van der Waals surface area contributed by atoms with Crippen molar-refractivity contribution in [3.05, 3.63) is 15.9 Å². The molecule has 1 saturated heterocycles. The van der Waals surface area contributed by atoms with E-state index in [0.717, 1.165) is 55.4 Å². The fourth-order valence-electron chi connectivity index (χ4n) is 3.13. The molecule has 2 atom stereocenters. The number of nitrogens with one attached hydrogen (secondary N) is 1. The molecule has 120 valence electrons. The first-order chi connectivity index (χ1) is 10.0. The van der Waals surface area contributed by atoms with Gasteiger partial charge < -0.3 is 10.1 Å². The van der Waals surface area contributed by atoms with Crippen LogP contribution in [-0.2, 0) is 24.6 Å². The van der Waals surface area contributed by atoms with E-state index < -0.39 is 0 Å². The Balaban J connectivity index is 2.20. The van der Waals surface area contributed by atoms with E-state index in [9.17, 15) is 0 Å². The highest BCUT2D eigenvalue weighted by Crippen LogP contribution is 2.32. The molecule has 1 N–H and O–H groups in total. The van der Waals surface area contributed by atoms with Crippen LogP contribution in [0.15, 0.2) is 4.47 Å². The first-order valence-corrected chi connectivity index (χ1v) is 8.88. The van der Waals surface area contributed by atoms with E-state index in [-0.39, 0.29) is 5.60 Å². The van der Waals surface area contributed by atoms with E-state index in [0.29, 0.717) is 6.04 Å². The summed E-state index contributed by atoms with van der Waals surface area (Å²) in [6.45, 7) is 8.51. The van der Waals surface area contributed by atoms with Crippen molar-refractivity contribution in [3.8, 4) is 0 Å². The van der Waals surface area contributed by atoms with Gasteiger partial charge in [-0.2, -0.15) is 5.10 Å². The highest BCUT2D eigenvalue weighted by Gasteiger charge is 2.38. The molecule has 21 heavy (non-hydrogen) atoms. The van der Waals surface area contributed by atoms with Crippen LogP contribution in [0.4, 0.5) is 0 Å². The van der Waals surface area contributed by atoms with Crippen molar-refractivity contribution < 1.29 is 4.74 Å². The monoisotopic (exact) mass is 357 g/mol. The fraction of sp³-hybridized carbons (Fsp3) is 0.812. The van der Waals surface area contributed by atoms with Crippen molar-refractivity contribution in [2.24, 2.45) is 7.05 Å². The smallest absolute Gasteiger partial charge is 0.0811 e. The minimum absolute atomic E-state index is 0.0642. The molecule has 1 aliphatic heterocycles. The summed E-state index contributed by atoms with van der Waals surface area (Å²) in [6, 6.07) is 0.330. The van der Waals surface area contributed by atoms with Gasteiger partial charge >= 0.3 is 0 Å². The number of aromatic nitrogens is 2. The summed E-state index contributed by atoms with van der Waals surface area (Å²) in [4.78, 5) is 0. The number of ether oxygens (including phenoxy) is 1. The van der Waals surface area contributed by atoms with Crippen LogP contribution in [0.5, 0.6) is 0 Å². The summed E-state index contributed by atoms with van der Waals surface area (Å²) >= 11 is 3.73. The molecular weight excluding hydrogens is 330 g/mol. The maximum Gasteiger partial charge on any atom is 0.0811 e. The molecule has 1 aliphatic rings. The third-order valence-electron chi connectivity index (χ3n) is 4.53. The van der Waals surface area contributed by atoms with Gasteiger partial charge in [-0.3, -0.25) is 4.68 Å². The average molecular weight is 358 g/mol. The molecule has 2 heterocycles. The number of hydrogen-bond acceptors (Lipinski definition) is 3. The number of rotatable bonds is 7. The van der Waals surface area contributed by atoms with Gasteiger partial charge in [0.25, 0.3) is 0 Å². The number of halogens is 1. The van der Waals surface area contributed by atoms with Crippen molar-refractivity contribution in [3.63, 3.8) is 0 Å². The van der Waals surface area contributed by atoms with Gasteiger partial charge in [-0.15, -0.1) is 0 Å². The SMILES string of the molecule is CCCNC(Cc1c(Br)c(CC)nn1C)C1(C)CCCO1. The highest BCUT2D eigenvalue weighted by molar-refractivity contribution is 9.10. The summed E-state index contributed by atoms with van der Waals surface area (Å²) in [5, 5.41) is 8.31. The topological polar surface area (TPSA) is 39.1 Å². The quantitative estimate of drug-likeness (QED) is 0.814. The number of aryl methyl sites for hydroxylation is 2. The Hall–Kier alpha value is -0.390. The van der Waals surface area contributed by atoms with Gasteiger partial charge in [0.05, 0.1) is 21.5 Å². The summed E-state index contributed by atoms with van der Waals surface area (Å²) in [7, 11) is 2.04. The van der Waals surface area contributed by atoms with Crippen molar-refractivity contribution in [1.82, 2.24) is 15.1 Å². The molecule has 0 aliphatic carbocycles. The summed E-state index contributed by atoms with van der Waals surface area (Å²) in [6.07, 6.45) is 5.33. The minimum atomic E-state index is -0.0642. The highest BCUT2D eigenvalue weighted by atomic mass is 79.9. The van der Waals surface area contributed by atoms with Crippen LogP contribution in [0, 0.1) is 0 Å². The van der Waals surface area contributed by atoms with Crippen molar-refractivity contribution in [2.45, 2.75) is 64.5 Å². The summed E-state index contributed by atoms with van der Waals surface area (Å²) in [5.74, 6) is 0. The van der Waals surface area contributed by atoms with Crippen LogP contribution >= 0.6 is 15.9 Å². The van der Waals surface area contributed by atoms with Gasteiger partial charge in [-0.05, 0) is 55.1 Å². The molecule has 0 saturated carbocycles. The van der Waals surface area contributed by atoms with Crippen LogP contribution < -0.4 is 5.32 Å². The minimum Gasteiger partial charge on any atom is -0.374 e. The molecule has 1 aromatic rings. The maximum absolute atomic E-state index is 6.08. The second-order valence-corrected chi connectivity index (χ2v) is 6.95. The standard InChI is InChI=1S/C16H28BrN3O/c1-5-9-18-14(16(3)8-7-10-21-16)11-13-15(17)12(6-2)19-20(13)4/h14,18H,5-11H2,1-4H3. The Morgan fingerprint density at radius 1 is 1.48 bits per heavy atom. The van der Waals surface area contributed by atoms with Crippen molar-refractivity contribution in [2.75, 3.05) is 13.2 Å². The second-order valence-electron chi connectivity index (χ2n) is 6.16. The molecular formula is C16H28BrN3O. The lowest BCUT2D eigenvalue weighted by Crippen LogP contribution is -2.50. The Kier molecular flexibility index (Phi) is 5.86. The van der Waals surface area contributed by atoms with Gasteiger partial charge in [0.1, 0.15) is 0 Å². The largest absolute Gasteiger partial charge is 0.374 e. The zero-order valence-corrected chi connectivity index (χ0v) is 15.3. The third-order valence-corrected chi connectivity index (χ3v) is 5.44. The van der Waals surface area contributed by atoms with E-state index in [1.54, 1.807) is 0 Å². The van der Waals surface area contributed by atoms with Crippen LogP contribution in [0.25, 0.3) is 0 Å². The predicted octanol–water partition coefficient (Wildman–Crippen LogP) is 3.22. The van der Waals surface area contributed by atoms with Crippen LogP contribution in [0.3, 0.4) is 0 Å². The van der Waals surface area contributed by atoms with Gasteiger partial charge in [0.2, 0.25) is 0 Å². The molecule has 2 unspecified atom stereocenters. The lowest BCUT2D eigenvalue weighted by atomic mass is 9.89. The molecule has 0 spiro atoms. The van der Waals surface area contributed by atoms with E-state index in [1.165, 1.54) is 5.69 Å². The van der Waals surface area contributed by atoms with Crippen molar-refractivity contribution >= 4 is 15.9 Å². The molecule has 0 bridgehead atoms. The van der Waals surface area contributed by atoms with Crippen molar-refractivity contribution in [1.29, 1.82) is 0 Å². The summed E-state index contributed by atoms with van der Waals surface area (Å²) < 4.78 is 9.26. The van der Waals surface area contributed by atoms with Gasteiger partial charge in [0.15, 0.2) is 0 Å². The Bertz CT molecular complexity index is 466. The first-order valence-electron chi connectivity index (χ1n) is 8.09. The first kappa shape index (κ1) is 17.0. The van der Waals surface area contributed by atoms with E-state index >= 15 is 0 Å². The maximum atomic E-state index is 6.08. The molecule has 0 aromatic carbocycles. The Morgan fingerprint density at radius 3 is 2.76 bits per heavy atom. The zero-order chi connectivity index (χ0) is 15.5. The van der Waals surface area contributed by atoms with E-state index in [4.69, 9.17) is 4.74 Å². The van der Waals surface area contributed by atoms with Gasteiger partial charge in [-0.1, -0.05) is 13.8 Å². The Morgan fingerprint density at radius 2 is 2.24 bits per heavy atom. The Labute approximate surface area is 136 Å². The number of nitrogens with zero attached hydrogens (tertiary/aromatic N) is 2. The second kappa shape index (κ2) is 7.25. The third kappa shape index (κ3) is 3.69. The average Bonchev–Trinajstić information content (AvgIpc) is 3.01. The molecule has 0 amide bonds. The molecule has 1 fully saturated rings. The summed E-state index contributed by atoms with van der Waals surface area (Å²) in [5.41, 5.74) is 2.34.